The molecular weight excluding hydrogens is 286 g/mol. The van der Waals surface area contributed by atoms with Crippen LogP contribution in [-0.2, 0) is 4.74 Å². The number of piperidine rings is 1. The number of rotatable bonds is 1. The van der Waals surface area contributed by atoms with Gasteiger partial charge in [-0.2, -0.15) is 0 Å². The standard InChI is InChI=1S/C18H25NO2.C2H6/c1-14(15-8-6-5-7-9-15)16-10-12-19(13-11-16)17(20)21-18(2,3)4;1-2/h5-9H,10-13H2,1-4H3;1-2H3. The van der Waals surface area contributed by atoms with Crippen LogP contribution in [0.5, 0.6) is 0 Å². The molecule has 1 aliphatic heterocycles. The van der Waals surface area contributed by atoms with Gasteiger partial charge in [0.2, 0.25) is 0 Å². The van der Waals surface area contributed by atoms with Gasteiger partial charge in [-0.15, -0.1) is 0 Å². The molecule has 0 N–H and O–H groups in total. The maximum atomic E-state index is 12.0. The van der Waals surface area contributed by atoms with E-state index in [1.807, 2.05) is 45.6 Å². The van der Waals surface area contributed by atoms with Crippen molar-refractivity contribution in [2.24, 2.45) is 0 Å². The predicted octanol–water partition coefficient (Wildman–Crippen LogP) is 5.52. The van der Waals surface area contributed by atoms with Gasteiger partial charge in [-0.3, -0.25) is 0 Å². The highest BCUT2D eigenvalue weighted by Crippen LogP contribution is 2.26. The van der Waals surface area contributed by atoms with Crippen LogP contribution in [0.15, 0.2) is 35.9 Å². The van der Waals surface area contributed by atoms with E-state index in [2.05, 4.69) is 31.2 Å². The number of amides is 1. The number of carbonyl (C=O) groups excluding carboxylic acids is 1. The second-order valence-corrected chi connectivity index (χ2v) is 6.56. The second kappa shape index (κ2) is 8.76. The zero-order valence-electron chi connectivity index (χ0n) is 15.5. The molecule has 0 atom stereocenters. The van der Waals surface area contributed by atoms with Gasteiger partial charge in [0.15, 0.2) is 0 Å². The lowest BCUT2D eigenvalue weighted by atomic mass is 9.94. The highest BCUT2D eigenvalue weighted by molar-refractivity contribution is 5.70. The minimum absolute atomic E-state index is 0.195. The Labute approximate surface area is 141 Å². The highest BCUT2D eigenvalue weighted by atomic mass is 16.6. The molecule has 128 valence electrons. The Morgan fingerprint density at radius 2 is 1.57 bits per heavy atom. The van der Waals surface area contributed by atoms with E-state index in [1.165, 1.54) is 16.7 Å². The van der Waals surface area contributed by atoms with Crippen molar-refractivity contribution < 1.29 is 9.53 Å². The number of hydrogen-bond acceptors (Lipinski definition) is 2. The summed E-state index contributed by atoms with van der Waals surface area (Å²) >= 11 is 0. The smallest absolute Gasteiger partial charge is 0.410 e. The van der Waals surface area contributed by atoms with Crippen LogP contribution in [0.3, 0.4) is 0 Å². The Hall–Kier alpha value is -1.77. The van der Waals surface area contributed by atoms with Crippen LogP contribution in [0.4, 0.5) is 4.79 Å². The molecule has 0 radical (unpaired) electrons. The Morgan fingerprint density at radius 1 is 1.04 bits per heavy atom. The largest absolute Gasteiger partial charge is 0.444 e. The summed E-state index contributed by atoms with van der Waals surface area (Å²) in [6.07, 6.45) is 1.67. The van der Waals surface area contributed by atoms with E-state index in [4.69, 9.17) is 4.74 Å². The summed E-state index contributed by atoms with van der Waals surface area (Å²) in [5.74, 6) is 0. The minimum atomic E-state index is -0.423. The van der Waals surface area contributed by atoms with Gasteiger partial charge in [0.05, 0.1) is 0 Å². The lowest BCUT2D eigenvalue weighted by Crippen LogP contribution is -2.40. The molecule has 1 aliphatic rings. The van der Waals surface area contributed by atoms with Gasteiger partial charge in [-0.05, 0) is 51.7 Å². The minimum Gasteiger partial charge on any atom is -0.444 e. The van der Waals surface area contributed by atoms with Crippen LogP contribution >= 0.6 is 0 Å². The molecule has 3 nitrogen and oxygen atoms in total. The summed E-state index contributed by atoms with van der Waals surface area (Å²) in [5.41, 5.74) is 3.64. The van der Waals surface area contributed by atoms with Crippen LogP contribution in [0.25, 0.3) is 5.57 Å². The Balaban J connectivity index is 0.00000127. The van der Waals surface area contributed by atoms with Crippen molar-refractivity contribution in [3.05, 3.63) is 41.5 Å². The molecule has 1 amide bonds. The summed E-state index contributed by atoms with van der Waals surface area (Å²) < 4.78 is 5.43. The summed E-state index contributed by atoms with van der Waals surface area (Å²) in [4.78, 5) is 13.9. The molecule has 0 unspecified atom stereocenters. The first-order valence-corrected chi connectivity index (χ1v) is 8.59. The zero-order valence-corrected chi connectivity index (χ0v) is 15.5. The molecule has 0 bridgehead atoms. The molecule has 1 fully saturated rings. The molecule has 0 aliphatic carbocycles. The fourth-order valence-corrected chi connectivity index (χ4v) is 2.55. The molecule has 1 heterocycles. The fraction of sp³-hybridized carbons (Fsp3) is 0.550. The van der Waals surface area contributed by atoms with Gasteiger partial charge >= 0.3 is 6.09 Å². The highest BCUT2D eigenvalue weighted by Gasteiger charge is 2.25. The van der Waals surface area contributed by atoms with Crippen LogP contribution in [-0.4, -0.2) is 29.7 Å². The van der Waals surface area contributed by atoms with E-state index in [0.29, 0.717) is 0 Å². The predicted molar refractivity (Wildman–Crippen MR) is 97.4 cm³/mol. The van der Waals surface area contributed by atoms with Gasteiger partial charge in [-0.25, -0.2) is 4.79 Å². The van der Waals surface area contributed by atoms with Gasteiger partial charge in [-0.1, -0.05) is 49.8 Å². The molecule has 0 saturated carbocycles. The van der Waals surface area contributed by atoms with Crippen molar-refractivity contribution >= 4 is 11.7 Å². The molecule has 0 spiro atoms. The van der Waals surface area contributed by atoms with Gasteiger partial charge in [0.1, 0.15) is 5.60 Å². The third-order valence-corrected chi connectivity index (χ3v) is 3.76. The van der Waals surface area contributed by atoms with Gasteiger partial charge < -0.3 is 9.64 Å². The third kappa shape index (κ3) is 6.09. The average molecular weight is 317 g/mol. The number of allylic oxidation sites excluding steroid dienone is 1. The molecule has 1 aromatic carbocycles. The van der Waals surface area contributed by atoms with Crippen molar-refractivity contribution in [3.63, 3.8) is 0 Å². The van der Waals surface area contributed by atoms with Crippen molar-refractivity contribution in [2.75, 3.05) is 13.1 Å². The summed E-state index contributed by atoms with van der Waals surface area (Å²) in [6, 6.07) is 10.4. The lowest BCUT2D eigenvalue weighted by Gasteiger charge is -2.31. The van der Waals surface area contributed by atoms with E-state index in [-0.39, 0.29) is 6.09 Å². The topological polar surface area (TPSA) is 29.5 Å². The fourth-order valence-electron chi connectivity index (χ4n) is 2.55. The van der Waals surface area contributed by atoms with E-state index >= 15 is 0 Å². The Kier molecular flexibility index (Phi) is 7.34. The van der Waals surface area contributed by atoms with Crippen molar-refractivity contribution in [1.82, 2.24) is 4.90 Å². The first-order valence-electron chi connectivity index (χ1n) is 8.59. The summed E-state index contributed by atoms with van der Waals surface area (Å²) in [7, 11) is 0. The van der Waals surface area contributed by atoms with Crippen molar-refractivity contribution in [2.45, 2.75) is 60.0 Å². The first-order chi connectivity index (χ1) is 10.9. The van der Waals surface area contributed by atoms with Crippen LogP contribution < -0.4 is 0 Å². The van der Waals surface area contributed by atoms with E-state index in [9.17, 15) is 4.79 Å². The molecule has 23 heavy (non-hydrogen) atoms. The zero-order chi connectivity index (χ0) is 17.5. The summed E-state index contributed by atoms with van der Waals surface area (Å²) in [6.45, 7) is 13.4. The normalized spacial score (nSPS) is 14.7. The van der Waals surface area contributed by atoms with Crippen molar-refractivity contribution in [1.29, 1.82) is 0 Å². The number of nitrogens with zero attached hydrogens (tertiary/aromatic N) is 1. The second-order valence-electron chi connectivity index (χ2n) is 6.56. The maximum Gasteiger partial charge on any atom is 0.410 e. The van der Waals surface area contributed by atoms with E-state index in [0.717, 1.165) is 25.9 Å². The number of carbonyl (C=O) groups is 1. The monoisotopic (exact) mass is 317 g/mol. The maximum absolute atomic E-state index is 12.0. The number of likely N-dealkylation sites (tertiary alicyclic amines) is 1. The molecule has 1 saturated heterocycles. The van der Waals surface area contributed by atoms with Crippen LogP contribution in [0.1, 0.15) is 59.9 Å². The number of ether oxygens (including phenoxy) is 1. The Morgan fingerprint density at radius 3 is 2.04 bits per heavy atom. The molecule has 1 aromatic rings. The quantitative estimate of drug-likeness (QED) is 0.683. The molecular formula is C20H31NO2. The average Bonchev–Trinajstić information content (AvgIpc) is 2.55. The Bertz CT molecular complexity index is 516. The molecule has 0 aromatic heterocycles. The van der Waals surface area contributed by atoms with E-state index < -0.39 is 5.60 Å². The van der Waals surface area contributed by atoms with Crippen LogP contribution in [0.2, 0.25) is 0 Å². The SMILES string of the molecule is CC.CC(=C1CCN(C(=O)OC(C)(C)C)CC1)c1ccccc1. The first kappa shape index (κ1) is 19.3. The van der Waals surface area contributed by atoms with Crippen molar-refractivity contribution in [3.8, 4) is 0 Å². The lowest BCUT2D eigenvalue weighted by molar-refractivity contribution is 0.0236. The van der Waals surface area contributed by atoms with E-state index in [1.54, 1.807) is 0 Å². The van der Waals surface area contributed by atoms with Gasteiger partial charge in [0.25, 0.3) is 0 Å². The number of hydrogen-bond donors (Lipinski definition) is 0. The van der Waals surface area contributed by atoms with Gasteiger partial charge in [0, 0.05) is 13.1 Å². The third-order valence-electron chi connectivity index (χ3n) is 3.76. The molecule has 3 heteroatoms. The summed E-state index contributed by atoms with van der Waals surface area (Å²) in [5, 5.41) is 0. The van der Waals surface area contributed by atoms with Crippen LogP contribution in [0, 0.1) is 0 Å². The molecule has 2 rings (SSSR count). The number of benzene rings is 1.